The van der Waals surface area contributed by atoms with E-state index in [2.05, 4.69) is 4.99 Å². The van der Waals surface area contributed by atoms with Crippen molar-refractivity contribution in [3.05, 3.63) is 35.9 Å². The Labute approximate surface area is 80.3 Å². The third-order valence-electron chi connectivity index (χ3n) is 1.93. The third-order valence-corrected chi connectivity index (χ3v) is 1.93. The van der Waals surface area contributed by atoms with E-state index in [1.807, 2.05) is 0 Å². The predicted octanol–water partition coefficient (Wildman–Crippen LogP) is 2.50. The number of hydrogen-bond donors (Lipinski definition) is 0. The number of isocyanates is 1. The van der Waals surface area contributed by atoms with Crippen LogP contribution in [0.4, 0.5) is 8.78 Å². The van der Waals surface area contributed by atoms with Gasteiger partial charge in [-0.05, 0) is 6.92 Å². The Balaban J connectivity index is 3.01. The second-order valence-corrected chi connectivity index (χ2v) is 2.89. The molecule has 0 N–H and O–H groups in total. The molecule has 74 valence electrons. The minimum absolute atomic E-state index is 0.147. The highest BCUT2D eigenvalue weighted by Crippen LogP contribution is 2.32. The van der Waals surface area contributed by atoms with E-state index in [9.17, 15) is 13.6 Å². The van der Waals surface area contributed by atoms with Crippen molar-refractivity contribution in [2.24, 2.45) is 4.99 Å². The predicted molar refractivity (Wildman–Crippen MR) is 47.9 cm³/mol. The summed E-state index contributed by atoms with van der Waals surface area (Å²) in [5.41, 5.74) is -0.147. The molecule has 0 fully saturated rings. The minimum Gasteiger partial charge on any atom is -0.211 e. The minimum atomic E-state index is -3.13. The van der Waals surface area contributed by atoms with Gasteiger partial charge < -0.3 is 0 Å². The Morgan fingerprint density at radius 1 is 1.36 bits per heavy atom. The van der Waals surface area contributed by atoms with Crippen LogP contribution in [0.15, 0.2) is 35.3 Å². The van der Waals surface area contributed by atoms with Crippen molar-refractivity contribution in [2.45, 2.75) is 18.9 Å². The molecule has 2 nitrogen and oxygen atoms in total. The Morgan fingerprint density at radius 3 is 2.43 bits per heavy atom. The molecule has 0 saturated carbocycles. The zero-order chi connectivity index (χ0) is 10.6. The number of hydrogen-bond acceptors (Lipinski definition) is 2. The first-order valence-corrected chi connectivity index (χ1v) is 4.09. The summed E-state index contributed by atoms with van der Waals surface area (Å²) in [5.74, 6) is -3.13. The average Bonchev–Trinajstić information content (AvgIpc) is 2.19. The highest BCUT2D eigenvalue weighted by atomic mass is 19.3. The molecule has 0 aliphatic rings. The van der Waals surface area contributed by atoms with Crippen LogP contribution in [0.25, 0.3) is 0 Å². The van der Waals surface area contributed by atoms with E-state index in [0.717, 1.165) is 6.08 Å². The summed E-state index contributed by atoms with van der Waals surface area (Å²) in [7, 11) is 0. The number of carbonyl (C=O) groups excluding carboxylic acids is 1. The summed E-state index contributed by atoms with van der Waals surface area (Å²) in [6.45, 7) is 1.18. The third kappa shape index (κ3) is 2.03. The maximum Gasteiger partial charge on any atom is 0.295 e. The lowest BCUT2D eigenvalue weighted by Crippen LogP contribution is -2.26. The van der Waals surface area contributed by atoms with Crippen LogP contribution in [0.5, 0.6) is 0 Å². The van der Waals surface area contributed by atoms with Gasteiger partial charge in [-0.1, -0.05) is 30.3 Å². The smallest absolute Gasteiger partial charge is 0.211 e. The van der Waals surface area contributed by atoms with Crippen LogP contribution in [0, 0.1) is 0 Å². The van der Waals surface area contributed by atoms with Crippen LogP contribution in [0.2, 0.25) is 0 Å². The lowest BCUT2D eigenvalue weighted by Gasteiger charge is -2.19. The topological polar surface area (TPSA) is 29.4 Å². The Hall–Kier alpha value is -1.54. The van der Waals surface area contributed by atoms with Crippen molar-refractivity contribution in [1.29, 1.82) is 0 Å². The van der Waals surface area contributed by atoms with Crippen molar-refractivity contribution in [3.63, 3.8) is 0 Å². The molecule has 0 aromatic heterocycles. The van der Waals surface area contributed by atoms with E-state index in [4.69, 9.17) is 0 Å². The summed E-state index contributed by atoms with van der Waals surface area (Å²) < 4.78 is 26.9. The molecule has 1 aromatic rings. The number of halogens is 2. The molecular formula is C10H9F2NO. The van der Waals surface area contributed by atoms with Gasteiger partial charge in [-0.3, -0.25) is 0 Å². The van der Waals surface area contributed by atoms with Gasteiger partial charge in [0.25, 0.3) is 5.92 Å². The van der Waals surface area contributed by atoms with Gasteiger partial charge in [0.05, 0.1) is 0 Å². The van der Waals surface area contributed by atoms with E-state index >= 15 is 0 Å². The van der Waals surface area contributed by atoms with Crippen LogP contribution >= 0.6 is 0 Å². The van der Waals surface area contributed by atoms with Gasteiger partial charge in [0.2, 0.25) is 6.08 Å². The molecule has 0 heterocycles. The summed E-state index contributed by atoms with van der Waals surface area (Å²) in [5, 5.41) is 0. The molecule has 0 aliphatic carbocycles. The molecule has 4 heteroatoms. The van der Waals surface area contributed by atoms with E-state index in [1.54, 1.807) is 6.07 Å². The van der Waals surface area contributed by atoms with Crippen molar-refractivity contribution < 1.29 is 13.6 Å². The molecule has 1 aromatic carbocycles. The molecule has 1 unspecified atom stereocenters. The van der Waals surface area contributed by atoms with E-state index in [1.165, 1.54) is 31.2 Å². The zero-order valence-corrected chi connectivity index (χ0v) is 7.58. The fourth-order valence-corrected chi connectivity index (χ4v) is 1.06. The Kier molecular flexibility index (Phi) is 3.10. The van der Waals surface area contributed by atoms with E-state index < -0.39 is 12.0 Å². The Morgan fingerprint density at radius 2 is 1.93 bits per heavy atom. The SMILES string of the molecule is CC(N=C=O)C(F)(F)c1ccccc1. The molecule has 0 radical (unpaired) electrons. The number of benzene rings is 1. The van der Waals surface area contributed by atoms with Crippen LogP contribution in [0.1, 0.15) is 12.5 Å². The van der Waals surface area contributed by atoms with Crippen molar-refractivity contribution in [1.82, 2.24) is 0 Å². The number of alkyl halides is 2. The van der Waals surface area contributed by atoms with E-state index in [0.29, 0.717) is 0 Å². The van der Waals surface area contributed by atoms with Gasteiger partial charge in [-0.15, -0.1) is 0 Å². The zero-order valence-electron chi connectivity index (χ0n) is 7.58. The second kappa shape index (κ2) is 4.11. The molecule has 14 heavy (non-hydrogen) atoms. The molecule has 1 rings (SSSR count). The number of aliphatic imine (C=N–C) groups is 1. The molecule has 0 saturated heterocycles. The molecular weight excluding hydrogens is 188 g/mol. The summed E-state index contributed by atoms with van der Waals surface area (Å²) in [6.07, 6.45) is 1.14. The highest BCUT2D eigenvalue weighted by Gasteiger charge is 2.38. The largest absolute Gasteiger partial charge is 0.295 e. The van der Waals surface area contributed by atoms with E-state index in [-0.39, 0.29) is 5.56 Å². The number of rotatable bonds is 3. The summed E-state index contributed by atoms with van der Waals surface area (Å²) in [6, 6.07) is 5.89. The lowest BCUT2D eigenvalue weighted by molar-refractivity contribution is -0.0248. The maximum atomic E-state index is 13.5. The van der Waals surface area contributed by atoms with Crippen molar-refractivity contribution in [2.75, 3.05) is 0 Å². The maximum absolute atomic E-state index is 13.5. The highest BCUT2D eigenvalue weighted by molar-refractivity contribution is 5.34. The fraction of sp³-hybridized carbons (Fsp3) is 0.300. The monoisotopic (exact) mass is 197 g/mol. The van der Waals surface area contributed by atoms with Crippen LogP contribution in [-0.4, -0.2) is 12.1 Å². The lowest BCUT2D eigenvalue weighted by atomic mass is 10.0. The Bertz CT molecular complexity index is 344. The van der Waals surface area contributed by atoms with Crippen molar-refractivity contribution in [3.8, 4) is 0 Å². The van der Waals surface area contributed by atoms with Gasteiger partial charge in [0.15, 0.2) is 0 Å². The first kappa shape index (κ1) is 10.5. The first-order chi connectivity index (χ1) is 6.59. The molecule has 1 atom stereocenters. The first-order valence-electron chi connectivity index (χ1n) is 4.09. The van der Waals surface area contributed by atoms with Gasteiger partial charge >= 0.3 is 0 Å². The molecule has 0 aliphatic heterocycles. The van der Waals surface area contributed by atoms with Crippen molar-refractivity contribution >= 4 is 6.08 Å². The second-order valence-electron chi connectivity index (χ2n) is 2.89. The van der Waals surface area contributed by atoms with Crippen LogP contribution in [-0.2, 0) is 10.7 Å². The normalized spacial score (nSPS) is 13.1. The van der Waals surface area contributed by atoms with Gasteiger partial charge in [0.1, 0.15) is 6.04 Å². The number of nitrogens with zero attached hydrogens (tertiary/aromatic N) is 1. The molecule has 0 spiro atoms. The average molecular weight is 197 g/mol. The quantitative estimate of drug-likeness (QED) is 0.540. The summed E-state index contributed by atoms with van der Waals surface area (Å²) >= 11 is 0. The molecule has 0 bridgehead atoms. The summed E-state index contributed by atoms with van der Waals surface area (Å²) in [4.78, 5) is 12.9. The van der Waals surface area contributed by atoms with Gasteiger partial charge in [0, 0.05) is 5.56 Å². The van der Waals surface area contributed by atoms with Gasteiger partial charge in [-0.25, -0.2) is 4.79 Å². The molecule has 0 amide bonds. The fourth-order valence-electron chi connectivity index (χ4n) is 1.06. The van der Waals surface area contributed by atoms with Gasteiger partial charge in [-0.2, -0.15) is 13.8 Å². The van der Waals surface area contributed by atoms with Crippen LogP contribution in [0.3, 0.4) is 0 Å². The standard InChI is InChI=1S/C10H9F2NO/c1-8(13-7-14)10(11,12)9-5-3-2-4-6-9/h2-6,8H,1H3. The van der Waals surface area contributed by atoms with Crippen LogP contribution < -0.4 is 0 Å².